The van der Waals surface area contributed by atoms with Crippen LogP contribution in [0.25, 0.3) is 22.4 Å². The Hall–Kier alpha value is -4.41. The lowest BCUT2D eigenvalue weighted by atomic mass is 9.87. The van der Waals surface area contributed by atoms with E-state index in [1.807, 2.05) is 30.5 Å². The quantitative estimate of drug-likeness (QED) is 0.206. The molecule has 0 bridgehead atoms. The van der Waals surface area contributed by atoms with Crippen molar-refractivity contribution in [2.75, 3.05) is 13.2 Å². The van der Waals surface area contributed by atoms with Crippen LogP contribution in [-0.4, -0.2) is 43.8 Å². The first-order valence-electron chi connectivity index (χ1n) is 13.6. The molecule has 1 saturated heterocycles. The Kier molecular flexibility index (Phi) is 7.57. The monoisotopic (exact) mass is 604 g/mol. The van der Waals surface area contributed by atoms with E-state index in [1.54, 1.807) is 36.4 Å². The van der Waals surface area contributed by atoms with Gasteiger partial charge in [0.15, 0.2) is 11.3 Å². The number of carbonyl (C=O) groups is 1. The number of rotatable bonds is 8. The molecule has 8 nitrogen and oxygen atoms in total. The van der Waals surface area contributed by atoms with E-state index in [0.29, 0.717) is 35.2 Å². The van der Waals surface area contributed by atoms with Crippen LogP contribution in [0.5, 0.6) is 5.88 Å². The minimum Gasteiger partial charge on any atom is -0.477 e. The maximum atomic E-state index is 15.6. The number of aromatic carboxylic acids is 1. The second-order valence-electron chi connectivity index (χ2n) is 11.1. The number of aromatic nitrogens is 4. The molecule has 5 aromatic rings. The Bertz CT molecular complexity index is 1840. The zero-order valence-electron chi connectivity index (χ0n) is 23.4. The molecule has 3 aromatic heterocycles. The number of ether oxygens (including phenoxy) is 2. The number of carboxylic acid groups (broad SMARTS) is 1. The molecular weight excluding hydrogens is 578 g/mol. The van der Waals surface area contributed by atoms with Crippen LogP contribution in [0.1, 0.15) is 47.3 Å². The van der Waals surface area contributed by atoms with Crippen molar-refractivity contribution in [2.45, 2.75) is 32.9 Å². The molecule has 0 aliphatic carbocycles. The summed E-state index contributed by atoms with van der Waals surface area (Å²) in [6, 6.07) is 17.0. The summed E-state index contributed by atoms with van der Waals surface area (Å²) in [4.78, 5) is 25.0. The molecule has 0 radical (unpaired) electrons. The van der Waals surface area contributed by atoms with Crippen molar-refractivity contribution in [1.29, 1.82) is 0 Å². The lowest BCUT2D eigenvalue weighted by Gasteiger charge is -2.27. The number of nitrogens with zero attached hydrogens (tertiary/aromatic N) is 4. The van der Waals surface area contributed by atoms with Gasteiger partial charge >= 0.3 is 5.97 Å². The highest BCUT2D eigenvalue weighted by Gasteiger charge is 2.39. The molecule has 4 heterocycles. The first-order chi connectivity index (χ1) is 20.6. The van der Waals surface area contributed by atoms with Gasteiger partial charge in [-0.1, -0.05) is 43.6 Å². The number of carboxylic acids is 1. The van der Waals surface area contributed by atoms with E-state index in [2.05, 4.69) is 15.0 Å². The fourth-order valence-electron chi connectivity index (χ4n) is 5.24. The molecule has 1 N–H and O–H groups in total. The molecule has 1 aliphatic heterocycles. The predicted octanol–water partition coefficient (Wildman–Crippen LogP) is 6.89. The van der Waals surface area contributed by atoms with Gasteiger partial charge < -0.3 is 19.1 Å². The number of halogens is 3. The van der Waals surface area contributed by atoms with Crippen molar-refractivity contribution in [3.8, 4) is 17.1 Å². The van der Waals surface area contributed by atoms with E-state index >= 15 is 8.78 Å². The topological polar surface area (TPSA) is 99.4 Å². The highest BCUT2D eigenvalue weighted by molar-refractivity contribution is 6.30. The van der Waals surface area contributed by atoms with Crippen LogP contribution in [0.2, 0.25) is 5.02 Å². The van der Waals surface area contributed by atoms with Crippen LogP contribution in [0.4, 0.5) is 8.78 Å². The third-order valence-electron chi connectivity index (χ3n) is 7.58. The summed E-state index contributed by atoms with van der Waals surface area (Å²) in [5.74, 6) is -1.77. The second-order valence-corrected chi connectivity index (χ2v) is 11.6. The molecule has 43 heavy (non-hydrogen) atoms. The highest BCUT2D eigenvalue weighted by atomic mass is 35.5. The van der Waals surface area contributed by atoms with Gasteiger partial charge in [-0.2, -0.15) is 0 Å². The van der Waals surface area contributed by atoms with Crippen LogP contribution in [0.15, 0.2) is 66.7 Å². The average molecular weight is 605 g/mol. The number of hydrogen-bond donors (Lipinski definition) is 1. The van der Waals surface area contributed by atoms with Crippen LogP contribution in [0.3, 0.4) is 0 Å². The normalized spacial score (nSPS) is 16.1. The van der Waals surface area contributed by atoms with Gasteiger partial charge in [0.05, 0.1) is 24.9 Å². The second kappa shape index (κ2) is 11.3. The van der Waals surface area contributed by atoms with Gasteiger partial charge in [-0.05, 0) is 53.6 Å². The predicted molar refractivity (Wildman–Crippen MR) is 156 cm³/mol. The Balaban J connectivity index is 1.32. The molecule has 1 unspecified atom stereocenters. The molecule has 1 aliphatic rings. The number of imidazole rings is 1. The van der Waals surface area contributed by atoms with E-state index in [9.17, 15) is 9.90 Å². The molecule has 6 rings (SSSR count). The molecule has 0 saturated carbocycles. The van der Waals surface area contributed by atoms with Gasteiger partial charge in [0.2, 0.25) is 5.88 Å². The maximum Gasteiger partial charge on any atom is 0.354 e. The summed E-state index contributed by atoms with van der Waals surface area (Å²) in [6.07, 6.45) is -0.0496. The van der Waals surface area contributed by atoms with Gasteiger partial charge in [-0.15, -0.1) is 0 Å². The third kappa shape index (κ3) is 5.80. The molecule has 0 spiro atoms. The molecule has 1 fully saturated rings. The largest absolute Gasteiger partial charge is 0.477 e. The van der Waals surface area contributed by atoms with E-state index in [1.165, 1.54) is 6.07 Å². The first-order valence-corrected chi connectivity index (χ1v) is 14.0. The third-order valence-corrected chi connectivity index (χ3v) is 7.83. The van der Waals surface area contributed by atoms with Crippen molar-refractivity contribution in [3.05, 3.63) is 106 Å². The average Bonchev–Trinajstić information content (AvgIpc) is 3.51. The van der Waals surface area contributed by atoms with Crippen LogP contribution >= 0.6 is 11.6 Å². The number of pyridine rings is 2. The van der Waals surface area contributed by atoms with E-state index in [-0.39, 0.29) is 52.9 Å². The molecule has 220 valence electrons. The molecule has 11 heteroatoms. The summed E-state index contributed by atoms with van der Waals surface area (Å²) in [5.41, 5.74) is 1.53. The minimum absolute atomic E-state index is 0.00945. The van der Waals surface area contributed by atoms with Crippen molar-refractivity contribution < 1.29 is 28.2 Å². The maximum absolute atomic E-state index is 15.6. The van der Waals surface area contributed by atoms with Crippen molar-refractivity contribution in [2.24, 2.45) is 5.41 Å². The SMILES string of the molecule is CC1(C)COCC1n1c(Cc2cc(F)c(-c3cccc(OCc4ccc(Cl)cc4)n3)cc2F)nc2ccc(C(=O)O)nc21. The van der Waals surface area contributed by atoms with Crippen molar-refractivity contribution in [1.82, 2.24) is 19.5 Å². The Morgan fingerprint density at radius 3 is 2.58 bits per heavy atom. The molecule has 0 amide bonds. The fourth-order valence-corrected chi connectivity index (χ4v) is 5.37. The van der Waals surface area contributed by atoms with Gasteiger partial charge in [-0.3, -0.25) is 0 Å². The first kappa shape index (κ1) is 28.7. The summed E-state index contributed by atoms with van der Waals surface area (Å²) in [6.45, 7) is 5.11. The zero-order chi connectivity index (χ0) is 30.3. The van der Waals surface area contributed by atoms with Crippen LogP contribution in [-0.2, 0) is 17.8 Å². The van der Waals surface area contributed by atoms with E-state index < -0.39 is 17.6 Å². The lowest BCUT2D eigenvalue weighted by Crippen LogP contribution is -2.27. The Morgan fingerprint density at radius 1 is 1.07 bits per heavy atom. The van der Waals surface area contributed by atoms with Crippen LogP contribution < -0.4 is 4.74 Å². The summed E-state index contributed by atoms with van der Waals surface area (Å²) in [7, 11) is 0. The van der Waals surface area contributed by atoms with E-state index in [4.69, 9.17) is 21.1 Å². The van der Waals surface area contributed by atoms with Gasteiger partial charge in [0, 0.05) is 28.5 Å². The molecule has 1 atom stereocenters. The smallest absolute Gasteiger partial charge is 0.354 e. The lowest BCUT2D eigenvalue weighted by molar-refractivity contribution is 0.0690. The number of hydrogen-bond acceptors (Lipinski definition) is 6. The van der Waals surface area contributed by atoms with Crippen molar-refractivity contribution >= 4 is 28.7 Å². The highest BCUT2D eigenvalue weighted by Crippen LogP contribution is 2.40. The van der Waals surface area contributed by atoms with Gasteiger partial charge in [0.1, 0.15) is 29.6 Å². The standard InChI is InChI=1S/C32H27ClF2N4O4/c1-32(2)17-42-16-27(32)39-28(36-25-10-11-26(31(40)41)38-30(25)39)13-19-12-23(35)21(14-22(19)34)24-4-3-5-29(37-24)43-15-18-6-8-20(33)9-7-18/h3-12,14,27H,13,15-17H2,1-2H3,(H,40,41). The molecule has 2 aromatic carbocycles. The fraction of sp³-hybridized carbons (Fsp3) is 0.250. The Morgan fingerprint density at radius 2 is 1.86 bits per heavy atom. The van der Waals surface area contributed by atoms with Gasteiger partial charge in [0.25, 0.3) is 0 Å². The minimum atomic E-state index is -1.17. The summed E-state index contributed by atoms with van der Waals surface area (Å²) in [5, 5.41) is 10.1. The Labute approximate surface area is 250 Å². The van der Waals surface area contributed by atoms with Gasteiger partial charge in [-0.25, -0.2) is 28.5 Å². The van der Waals surface area contributed by atoms with E-state index in [0.717, 1.165) is 17.7 Å². The van der Waals surface area contributed by atoms with Crippen LogP contribution in [0, 0.1) is 17.0 Å². The summed E-state index contributed by atoms with van der Waals surface area (Å²) >= 11 is 5.93. The number of fused-ring (bicyclic) bond motifs is 1. The van der Waals surface area contributed by atoms with Crippen molar-refractivity contribution in [3.63, 3.8) is 0 Å². The molecular formula is C32H27ClF2N4O4. The summed E-state index contributed by atoms with van der Waals surface area (Å²) < 4.78 is 44.4. The zero-order valence-corrected chi connectivity index (χ0v) is 24.1. The number of benzene rings is 2.